The number of hydrogen-bond donors (Lipinski definition) is 1. The predicted octanol–water partition coefficient (Wildman–Crippen LogP) is 0.835. The Hall–Kier alpha value is -1.59. The van der Waals surface area contributed by atoms with Gasteiger partial charge >= 0.3 is 0 Å². The molecule has 0 bridgehead atoms. The number of carbonyl (C=O) groups excluding carboxylic acids is 1. The maximum absolute atomic E-state index is 12.4. The fraction of sp³-hybridized carbons (Fsp3) is 0.533. The van der Waals surface area contributed by atoms with E-state index in [1.807, 2.05) is 36.1 Å². The van der Waals surface area contributed by atoms with Gasteiger partial charge in [-0.15, -0.1) is 0 Å². The van der Waals surface area contributed by atoms with Gasteiger partial charge < -0.3 is 14.7 Å². The summed E-state index contributed by atoms with van der Waals surface area (Å²) in [6, 6.07) is 7.29. The van der Waals surface area contributed by atoms with E-state index in [-0.39, 0.29) is 12.5 Å². The van der Waals surface area contributed by atoms with Crippen molar-refractivity contribution in [1.82, 2.24) is 9.80 Å². The molecule has 1 N–H and O–H groups in total. The minimum absolute atomic E-state index is 0.0664. The lowest BCUT2D eigenvalue weighted by molar-refractivity contribution is 0.0615. The molecule has 1 fully saturated rings. The van der Waals surface area contributed by atoms with Gasteiger partial charge in [0, 0.05) is 38.3 Å². The first-order chi connectivity index (χ1) is 9.74. The molecule has 2 rings (SSSR count). The quantitative estimate of drug-likeness (QED) is 0.867. The van der Waals surface area contributed by atoms with Crippen LogP contribution in [0.3, 0.4) is 0 Å². The molecule has 5 nitrogen and oxygen atoms in total. The third-order valence-electron chi connectivity index (χ3n) is 3.49. The lowest BCUT2D eigenvalue weighted by Crippen LogP contribution is -2.49. The van der Waals surface area contributed by atoms with E-state index < -0.39 is 0 Å². The molecule has 0 spiro atoms. The largest absolute Gasteiger partial charge is 0.494 e. The number of aliphatic hydroxyl groups excluding tert-OH is 1. The Morgan fingerprint density at radius 2 is 1.85 bits per heavy atom. The molecule has 0 aliphatic carbocycles. The van der Waals surface area contributed by atoms with Crippen molar-refractivity contribution in [2.75, 3.05) is 45.9 Å². The molecule has 0 radical (unpaired) electrons. The molecular formula is C15H22N2O3. The Labute approximate surface area is 119 Å². The van der Waals surface area contributed by atoms with E-state index in [1.54, 1.807) is 0 Å². The molecule has 0 aromatic heterocycles. The predicted molar refractivity (Wildman–Crippen MR) is 77.0 cm³/mol. The average molecular weight is 278 g/mol. The van der Waals surface area contributed by atoms with Crippen molar-refractivity contribution >= 4 is 5.91 Å². The van der Waals surface area contributed by atoms with Crippen molar-refractivity contribution in [3.8, 4) is 5.75 Å². The molecule has 20 heavy (non-hydrogen) atoms. The first-order valence-corrected chi connectivity index (χ1v) is 7.10. The lowest BCUT2D eigenvalue weighted by Gasteiger charge is -2.34. The summed E-state index contributed by atoms with van der Waals surface area (Å²) in [6.45, 7) is 6.49. The van der Waals surface area contributed by atoms with Crippen LogP contribution in [0.15, 0.2) is 24.3 Å². The van der Waals surface area contributed by atoms with Gasteiger partial charge in [-0.25, -0.2) is 0 Å². The summed E-state index contributed by atoms with van der Waals surface area (Å²) in [5, 5.41) is 8.91. The van der Waals surface area contributed by atoms with Crippen molar-refractivity contribution in [2.24, 2.45) is 0 Å². The SMILES string of the molecule is CCOc1ccc(C(=O)N2CCN(CCO)CC2)cc1. The van der Waals surface area contributed by atoms with Crippen LogP contribution in [0.5, 0.6) is 5.75 Å². The average Bonchev–Trinajstić information content (AvgIpc) is 2.49. The normalized spacial score (nSPS) is 16.2. The zero-order chi connectivity index (χ0) is 14.4. The summed E-state index contributed by atoms with van der Waals surface area (Å²) in [5.41, 5.74) is 0.698. The van der Waals surface area contributed by atoms with Crippen LogP contribution in [0.2, 0.25) is 0 Å². The van der Waals surface area contributed by atoms with Crippen LogP contribution < -0.4 is 4.74 Å². The lowest BCUT2D eigenvalue weighted by atomic mass is 10.1. The number of amides is 1. The van der Waals surface area contributed by atoms with Crippen molar-refractivity contribution in [2.45, 2.75) is 6.92 Å². The Morgan fingerprint density at radius 3 is 2.40 bits per heavy atom. The van der Waals surface area contributed by atoms with Crippen LogP contribution in [0, 0.1) is 0 Å². The van der Waals surface area contributed by atoms with Gasteiger partial charge in [0.05, 0.1) is 13.2 Å². The van der Waals surface area contributed by atoms with E-state index in [1.165, 1.54) is 0 Å². The monoisotopic (exact) mass is 278 g/mol. The van der Waals surface area contributed by atoms with Gasteiger partial charge in [-0.2, -0.15) is 0 Å². The van der Waals surface area contributed by atoms with Gasteiger partial charge in [-0.1, -0.05) is 0 Å². The second-order valence-corrected chi connectivity index (χ2v) is 4.81. The van der Waals surface area contributed by atoms with Gasteiger partial charge in [-0.05, 0) is 31.2 Å². The van der Waals surface area contributed by atoms with E-state index in [0.717, 1.165) is 18.8 Å². The zero-order valence-corrected chi connectivity index (χ0v) is 11.9. The molecule has 1 saturated heterocycles. The molecular weight excluding hydrogens is 256 g/mol. The van der Waals surface area contributed by atoms with Crippen LogP contribution in [0.1, 0.15) is 17.3 Å². The Kier molecular flexibility index (Phi) is 5.38. The molecule has 1 aliphatic rings. The topological polar surface area (TPSA) is 53.0 Å². The van der Waals surface area contributed by atoms with Crippen LogP contribution in [-0.2, 0) is 0 Å². The molecule has 1 aromatic carbocycles. The van der Waals surface area contributed by atoms with E-state index in [2.05, 4.69) is 4.90 Å². The summed E-state index contributed by atoms with van der Waals surface area (Å²) < 4.78 is 5.37. The number of benzene rings is 1. The number of hydrogen-bond acceptors (Lipinski definition) is 4. The number of ether oxygens (including phenoxy) is 1. The molecule has 1 aromatic rings. The summed E-state index contributed by atoms with van der Waals surface area (Å²) >= 11 is 0. The smallest absolute Gasteiger partial charge is 0.253 e. The highest BCUT2D eigenvalue weighted by Gasteiger charge is 2.21. The highest BCUT2D eigenvalue weighted by molar-refractivity contribution is 5.94. The van der Waals surface area contributed by atoms with Crippen LogP contribution in [0.25, 0.3) is 0 Å². The summed E-state index contributed by atoms with van der Waals surface area (Å²) in [7, 11) is 0. The molecule has 1 aliphatic heterocycles. The number of β-amino-alcohol motifs (C(OH)–C–C–N with tert-alkyl or cyclic N) is 1. The van der Waals surface area contributed by atoms with Crippen LogP contribution in [0.4, 0.5) is 0 Å². The summed E-state index contributed by atoms with van der Waals surface area (Å²) in [4.78, 5) is 16.4. The molecule has 1 heterocycles. The van der Waals surface area contributed by atoms with Gasteiger partial charge in [-0.3, -0.25) is 9.69 Å². The van der Waals surface area contributed by atoms with Gasteiger partial charge in [0.1, 0.15) is 5.75 Å². The van der Waals surface area contributed by atoms with Crippen molar-refractivity contribution < 1.29 is 14.6 Å². The van der Waals surface area contributed by atoms with E-state index >= 15 is 0 Å². The number of piperazine rings is 1. The molecule has 110 valence electrons. The van der Waals surface area contributed by atoms with E-state index in [4.69, 9.17) is 9.84 Å². The van der Waals surface area contributed by atoms with E-state index in [0.29, 0.717) is 31.8 Å². The van der Waals surface area contributed by atoms with E-state index in [9.17, 15) is 4.79 Å². The Morgan fingerprint density at radius 1 is 1.20 bits per heavy atom. The highest BCUT2D eigenvalue weighted by atomic mass is 16.5. The number of rotatable bonds is 5. The molecule has 1 amide bonds. The molecule has 5 heteroatoms. The summed E-state index contributed by atoms with van der Waals surface area (Å²) in [6.07, 6.45) is 0. The molecule has 0 saturated carbocycles. The fourth-order valence-electron chi connectivity index (χ4n) is 2.36. The number of carbonyl (C=O) groups is 1. The van der Waals surface area contributed by atoms with Gasteiger partial charge in [0.15, 0.2) is 0 Å². The minimum atomic E-state index is 0.0664. The van der Waals surface area contributed by atoms with Crippen molar-refractivity contribution in [3.63, 3.8) is 0 Å². The maximum Gasteiger partial charge on any atom is 0.253 e. The number of aliphatic hydroxyl groups is 1. The Balaban J connectivity index is 1.91. The third kappa shape index (κ3) is 3.71. The second-order valence-electron chi connectivity index (χ2n) is 4.81. The third-order valence-corrected chi connectivity index (χ3v) is 3.49. The summed E-state index contributed by atoms with van der Waals surface area (Å²) in [5.74, 6) is 0.855. The highest BCUT2D eigenvalue weighted by Crippen LogP contribution is 2.14. The van der Waals surface area contributed by atoms with Gasteiger partial charge in [0.2, 0.25) is 0 Å². The fourth-order valence-corrected chi connectivity index (χ4v) is 2.36. The first-order valence-electron chi connectivity index (χ1n) is 7.10. The second kappa shape index (κ2) is 7.26. The van der Waals surface area contributed by atoms with Crippen molar-refractivity contribution in [1.29, 1.82) is 0 Å². The first kappa shape index (κ1) is 14.8. The number of nitrogens with zero attached hydrogens (tertiary/aromatic N) is 2. The zero-order valence-electron chi connectivity index (χ0n) is 11.9. The van der Waals surface area contributed by atoms with Crippen molar-refractivity contribution in [3.05, 3.63) is 29.8 Å². The maximum atomic E-state index is 12.4. The standard InChI is InChI=1S/C15H22N2O3/c1-2-20-14-5-3-13(4-6-14)15(19)17-9-7-16(8-10-17)11-12-18/h3-6,18H,2,7-12H2,1H3. The van der Waals surface area contributed by atoms with Gasteiger partial charge in [0.25, 0.3) is 5.91 Å². The minimum Gasteiger partial charge on any atom is -0.494 e. The van der Waals surface area contributed by atoms with Crippen LogP contribution in [-0.4, -0.2) is 66.8 Å². The molecule has 0 atom stereocenters. The Bertz CT molecular complexity index is 425. The molecule has 0 unspecified atom stereocenters. The van der Waals surface area contributed by atoms with Crippen LogP contribution >= 0.6 is 0 Å².